The highest BCUT2D eigenvalue weighted by molar-refractivity contribution is 7.90. The minimum atomic E-state index is -2.91. The van der Waals surface area contributed by atoms with E-state index in [2.05, 4.69) is 5.32 Å². The third-order valence-electron chi connectivity index (χ3n) is 2.42. The smallest absolute Gasteiger partial charge is 0.148 e. The third kappa shape index (κ3) is 6.66. The molecule has 0 heterocycles. The zero-order valence-corrected chi connectivity index (χ0v) is 11.5. The van der Waals surface area contributed by atoms with Crippen molar-refractivity contribution in [1.29, 1.82) is 0 Å². The molecular weight excluding hydrogens is 258 g/mol. The molecule has 96 valence electrons. The van der Waals surface area contributed by atoms with Crippen LogP contribution in [0.1, 0.15) is 5.56 Å². The van der Waals surface area contributed by atoms with Gasteiger partial charge in [0, 0.05) is 24.7 Å². The standard InChI is InChI=1S/C12H18ClNO2S/c1-17(15,16)8-7-14-12(10-13)9-11-5-3-2-4-6-11/h2-6,12,14H,7-10H2,1H3. The summed E-state index contributed by atoms with van der Waals surface area (Å²) in [5.74, 6) is 0.619. The van der Waals surface area contributed by atoms with Gasteiger partial charge in [0.25, 0.3) is 0 Å². The molecule has 0 aromatic heterocycles. The van der Waals surface area contributed by atoms with E-state index in [1.165, 1.54) is 11.8 Å². The fraction of sp³-hybridized carbons (Fsp3) is 0.500. The highest BCUT2D eigenvalue weighted by atomic mass is 35.5. The lowest BCUT2D eigenvalue weighted by Gasteiger charge is -2.15. The average Bonchev–Trinajstić information content (AvgIpc) is 2.27. The molecule has 1 rings (SSSR count). The minimum absolute atomic E-state index is 0.112. The van der Waals surface area contributed by atoms with E-state index in [0.717, 1.165) is 6.42 Å². The number of rotatable bonds is 7. The molecule has 1 aromatic carbocycles. The molecule has 1 unspecified atom stereocenters. The van der Waals surface area contributed by atoms with Crippen molar-refractivity contribution in [2.45, 2.75) is 12.5 Å². The molecule has 0 radical (unpaired) electrons. The molecular formula is C12H18ClNO2S. The van der Waals surface area contributed by atoms with Crippen LogP contribution in [0.4, 0.5) is 0 Å². The Morgan fingerprint density at radius 3 is 2.47 bits per heavy atom. The molecule has 0 bridgehead atoms. The van der Waals surface area contributed by atoms with Gasteiger partial charge < -0.3 is 5.32 Å². The van der Waals surface area contributed by atoms with Gasteiger partial charge in [-0.3, -0.25) is 0 Å². The number of nitrogens with one attached hydrogen (secondary N) is 1. The molecule has 0 amide bonds. The summed E-state index contributed by atoms with van der Waals surface area (Å²) in [7, 11) is -2.91. The van der Waals surface area contributed by atoms with Gasteiger partial charge >= 0.3 is 0 Å². The molecule has 0 aliphatic carbocycles. The van der Waals surface area contributed by atoms with E-state index in [4.69, 9.17) is 11.6 Å². The Kier molecular flexibility index (Phi) is 5.95. The van der Waals surface area contributed by atoms with Crippen molar-refractivity contribution in [3.8, 4) is 0 Å². The molecule has 1 atom stereocenters. The lowest BCUT2D eigenvalue weighted by atomic mass is 10.1. The number of alkyl halides is 1. The Bertz CT molecular complexity index is 419. The summed E-state index contributed by atoms with van der Waals surface area (Å²) >= 11 is 5.86. The largest absolute Gasteiger partial charge is 0.311 e. The molecule has 0 saturated heterocycles. The van der Waals surface area contributed by atoms with Crippen LogP contribution in [0, 0.1) is 0 Å². The van der Waals surface area contributed by atoms with Gasteiger partial charge in [-0.1, -0.05) is 30.3 Å². The highest BCUT2D eigenvalue weighted by Crippen LogP contribution is 2.04. The Morgan fingerprint density at radius 1 is 1.29 bits per heavy atom. The number of sulfone groups is 1. The van der Waals surface area contributed by atoms with Crippen LogP contribution in [-0.4, -0.2) is 38.9 Å². The summed E-state index contributed by atoms with van der Waals surface area (Å²) in [5.41, 5.74) is 1.20. The minimum Gasteiger partial charge on any atom is -0.311 e. The Morgan fingerprint density at radius 2 is 1.94 bits per heavy atom. The van der Waals surface area contributed by atoms with Crippen molar-refractivity contribution < 1.29 is 8.42 Å². The first-order valence-electron chi connectivity index (χ1n) is 5.52. The quantitative estimate of drug-likeness (QED) is 0.767. The van der Waals surface area contributed by atoms with Crippen LogP contribution in [-0.2, 0) is 16.3 Å². The number of hydrogen-bond acceptors (Lipinski definition) is 3. The monoisotopic (exact) mass is 275 g/mol. The molecule has 0 aliphatic heterocycles. The molecule has 0 spiro atoms. The summed E-state index contributed by atoms with van der Waals surface area (Å²) in [4.78, 5) is 0. The van der Waals surface area contributed by atoms with Crippen molar-refractivity contribution in [3.05, 3.63) is 35.9 Å². The van der Waals surface area contributed by atoms with Crippen LogP contribution in [0.15, 0.2) is 30.3 Å². The van der Waals surface area contributed by atoms with Crippen LogP contribution in [0.3, 0.4) is 0 Å². The molecule has 3 nitrogen and oxygen atoms in total. The van der Waals surface area contributed by atoms with Crippen molar-refractivity contribution in [2.75, 3.05) is 24.4 Å². The van der Waals surface area contributed by atoms with Gasteiger partial charge in [-0.05, 0) is 12.0 Å². The summed E-state index contributed by atoms with van der Waals surface area (Å²) < 4.78 is 22.0. The molecule has 1 aromatic rings. The summed E-state index contributed by atoms with van der Waals surface area (Å²) in [5, 5.41) is 3.16. The van der Waals surface area contributed by atoms with Crippen molar-refractivity contribution >= 4 is 21.4 Å². The molecule has 0 fully saturated rings. The first kappa shape index (κ1) is 14.5. The Labute approximate surface area is 108 Å². The van der Waals surface area contributed by atoms with Gasteiger partial charge in [-0.15, -0.1) is 11.6 Å². The number of benzene rings is 1. The van der Waals surface area contributed by atoms with Crippen molar-refractivity contribution in [3.63, 3.8) is 0 Å². The van der Waals surface area contributed by atoms with Crippen LogP contribution >= 0.6 is 11.6 Å². The lowest BCUT2D eigenvalue weighted by Crippen LogP contribution is -2.36. The Hall–Kier alpha value is -0.580. The molecule has 1 N–H and O–H groups in total. The van der Waals surface area contributed by atoms with Crippen LogP contribution < -0.4 is 5.32 Å². The van der Waals surface area contributed by atoms with E-state index >= 15 is 0 Å². The lowest BCUT2D eigenvalue weighted by molar-refractivity contribution is 0.559. The van der Waals surface area contributed by atoms with E-state index in [0.29, 0.717) is 12.4 Å². The number of halogens is 1. The SMILES string of the molecule is CS(=O)(=O)CCNC(CCl)Cc1ccccc1. The summed E-state index contributed by atoms with van der Waals surface area (Å²) in [6.07, 6.45) is 2.05. The van der Waals surface area contributed by atoms with Gasteiger partial charge in [-0.2, -0.15) is 0 Å². The van der Waals surface area contributed by atoms with Gasteiger partial charge in [0.1, 0.15) is 9.84 Å². The van der Waals surface area contributed by atoms with Crippen molar-refractivity contribution in [2.24, 2.45) is 0 Å². The molecule has 17 heavy (non-hydrogen) atoms. The van der Waals surface area contributed by atoms with Crippen LogP contribution in [0.25, 0.3) is 0 Å². The zero-order valence-electron chi connectivity index (χ0n) is 9.90. The third-order valence-corrected chi connectivity index (χ3v) is 3.74. The second-order valence-electron chi connectivity index (χ2n) is 4.12. The second-order valence-corrected chi connectivity index (χ2v) is 6.69. The molecule has 0 aliphatic rings. The predicted octanol–water partition coefficient (Wildman–Crippen LogP) is 1.47. The van der Waals surface area contributed by atoms with Crippen molar-refractivity contribution in [1.82, 2.24) is 5.32 Å². The fourth-order valence-corrected chi connectivity index (χ4v) is 2.24. The van der Waals surface area contributed by atoms with Gasteiger partial charge in [-0.25, -0.2) is 8.42 Å². The normalized spacial score (nSPS) is 13.5. The summed E-state index contributed by atoms with van der Waals surface area (Å²) in [6.45, 7) is 0.447. The topological polar surface area (TPSA) is 46.2 Å². The first-order valence-corrected chi connectivity index (χ1v) is 8.12. The van der Waals surface area contributed by atoms with Gasteiger partial charge in [0.2, 0.25) is 0 Å². The maximum absolute atomic E-state index is 11.0. The van der Waals surface area contributed by atoms with E-state index in [-0.39, 0.29) is 11.8 Å². The second kappa shape index (κ2) is 6.99. The van der Waals surface area contributed by atoms with Gasteiger partial charge in [0.05, 0.1) is 5.75 Å². The number of hydrogen-bond donors (Lipinski definition) is 1. The molecule has 5 heteroatoms. The van der Waals surface area contributed by atoms with E-state index in [1.807, 2.05) is 30.3 Å². The predicted molar refractivity (Wildman–Crippen MR) is 72.4 cm³/mol. The Balaban J connectivity index is 2.39. The van der Waals surface area contributed by atoms with Gasteiger partial charge in [0.15, 0.2) is 0 Å². The zero-order chi connectivity index (χ0) is 12.7. The average molecular weight is 276 g/mol. The summed E-state index contributed by atoms with van der Waals surface area (Å²) in [6, 6.07) is 10.1. The molecule has 0 saturated carbocycles. The van der Waals surface area contributed by atoms with E-state index in [1.54, 1.807) is 0 Å². The maximum atomic E-state index is 11.0. The first-order chi connectivity index (χ1) is 8.01. The maximum Gasteiger partial charge on any atom is 0.148 e. The van der Waals surface area contributed by atoms with Crippen LogP contribution in [0.2, 0.25) is 0 Å². The fourth-order valence-electron chi connectivity index (χ4n) is 1.53. The van der Waals surface area contributed by atoms with E-state index < -0.39 is 9.84 Å². The highest BCUT2D eigenvalue weighted by Gasteiger charge is 2.09. The van der Waals surface area contributed by atoms with E-state index in [9.17, 15) is 8.42 Å². The van der Waals surface area contributed by atoms with Crippen LogP contribution in [0.5, 0.6) is 0 Å².